The zero-order chi connectivity index (χ0) is 11.0. The summed E-state index contributed by atoms with van der Waals surface area (Å²) in [5.74, 6) is 0.515. The van der Waals surface area contributed by atoms with Gasteiger partial charge >= 0.3 is 0 Å². The Morgan fingerprint density at radius 2 is 2.19 bits per heavy atom. The first-order chi connectivity index (χ1) is 7.86. The maximum absolute atomic E-state index is 14.0. The number of benzene rings is 1. The number of nitrogens with one attached hydrogen (secondary N) is 1. The minimum absolute atomic E-state index is 0.0613. The molecular formula is C12H14FN3. The molecule has 16 heavy (non-hydrogen) atoms. The Balaban J connectivity index is 2.05. The molecule has 2 heterocycles. The van der Waals surface area contributed by atoms with Crippen LogP contribution in [0.15, 0.2) is 24.3 Å². The molecule has 3 rings (SSSR count). The third-order valence-electron chi connectivity index (χ3n) is 3.15. The highest BCUT2D eigenvalue weighted by atomic mass is 19.2. The number of imidazole rings is 1. The molecule has 0 spiro atoms. The van der Waals surface area contributed by atoms with E-state index >= 15 is 0 Å². The standard InChI is InChI=1S/C12H14FN3/c13-16-11-7-2-1-5-9(11)15-12(16)10-6-3-4-8-14-10/h1-2,5,7,10,14H,3-4,6,8H2. The molecule has 0 aliphatic carbocycles. The number of fused-ring (bicyclic) bond motifs is 1. The van der Waals surface area contributed by atoms with Gasteiger partial charge in [0.1, 0.15) is 5.52 Å². The lowest BCUT2D eigenvalue weighted by Gasteiger charge is -2.21. The summed E-state index contributed by atoms with van der Waals surface area (Å²) in [5.41, 5.74) is 1.29. The number of halogens is 1. The molecular weight excluding hydrogens is 205 g/mol. The number of piperidine rings is 1. The van der Waals surface area contributed by atoms with E-state index in [2.05, 4.69) is 10.3 Å². The van der Waals surface area contributed by atoms with Crippen LogP contribution in [0.5, 0.6) is 0 Å². The Morgan fingerprint density at radius 3 is 2.94 bits per heavy atom. The molecule has 1 fully saturated rings. The summed E-state index contributed by atoms with van der Waals surface area (Å²) in [5, 5.41) is 3.31. The van der Waals surface area contributed by atoms with Gasteiger partial charge in [0.2, 0.25) is 0 Å². The van der Waals surface area contributed by atoms with Gasteiger partial charge in [0.15, 0.2) is 5.82 Å². The van der Waals surface area contributed by atoms with Gasteiger partial charge in [0, 0.05) is 0 Å². The van der Waals surface area contributed by atoms with Crippen molar-refractivity contribution in [3.8, 4) is 0 Å². The topological polar surface area (TPSA) is 29.9 Å². The Bertz CT molecular complexity index is 500. The third-order valence-corrected chi connectivity index (χ3v) is 3.15. The number of para-hydroxylation sites is 2. The Morgan fingerprint density at radius 1 is 1.31 bits per heavy atom. The van der Waals surface area contributed by atoms with Crippen LogP contribution in [0.25, 0.3) is 11.0 Å². The summed E-state index contributed by atoms with van der Waals surface area (Å²) >= 11 is 0. The van der Waals surface area contributed by atoms with E-state index in [1.807, 2.05) is 18.2 Å². The van der Waals surface area contributed by atoms with Crippen LogP contribution in [0.1, 0.15) is 31.1 Å². The van der Waals surface area contributed by atoms with E-state index in [0.29, 0.717) is 11.3 Å². The largest absolute Gasteiger partial charge is 0.307 e. The van der Waals surface area contributed by atoms with Crippen molar-refractivity contribution in [2.24, 2.45) is 0 Å². The van der Waals surface area contributed by atoms with Crippen molar-refractivity contribution in [1.29, 1.82) is 0 Å². The maximum atomic E-state index is 14.0. The molecule has 1 aliphatic heterocycles. The van der Waals surface area contributed by atoms with Crippen LogP contribution in [0.2, 0.25) is 0 Å². The predicted octanol–water partition coefficient (Wildman–Crippen LogP) is 2.58. The zero-order valence-corrected chi connectivity index (χ0v) is 8.99. The zero-order valence-electron chi connectivity index (χ0n) is 8.99. The number of aromatic nitrogens is 2. The fourth-order valence-corrected chi connectivity index (χ4v) is 2.30. The van der Waals surface area contributed by atoms with Crippen LogP contribution in [0.3, 0.4) is 0 Å². The van der Waals surface area contributed by atoms with Gasteiger partial charge < -0.3 is 5.32 Å². The third kappa shape index (κ3) is 1.50. The van der Waals surface area contributed by atoms with Gasteiger partial charge in [-0.3, -0.25) is 0 Å². The Hall–Kier alpha value is -1.42. The molecule has 1 unspecified atom stereocenters. The van der Waals surface area contributed by atoms with Crippen molar-refractivity contribution in [3.63, 3.8) is 0 Å². The first-order valence-corrected chi connectivity index (χ1v) is 5.73. The number of hydrogen-bond acceptors (Lipinski definition) is 2. The highest BCUT2D eigenvalue weighted by molar-refractivity contribution is 5.75. The first kappa shape index (κ1) is 9.78. The SMILES string of the molecule is Fn1c(C2CCCCN2)nc2ccccc21. The molecule has 1 atom stereocenters. The van der Waals surface area contributed by atoms with Crippen molar-refractivity contribution < 1.29 is 4.48 Å². The monoisotopic (exact) mass is 219 g/mol. The normalized spacial score (nSPS) is 21.4. The van der Waals surface area contributed by atoms with Gasteiger partial charge in [0.05, 0.1) is 11.6 Å². The van der Waals surface area contributed by atoms with Crippen molar-refractivity contribution in [3.05, 3.63) is 30.1 Å². The van der Waals surface area contributed by atoms with Gasteiger partial charge in [0.25, 0.3) is 0 Å². The van der Waals surface area contributed by atoms with E-state index < -0.39 is 0 Å². The predicted molar refractivity (Wildman–Crippen MR) is 60.8 cm³/mol. The van der Waals surface area contributed by atoms with Crippen LogP contribution >= 0.6 is 0 Å². The smallest absolute Gasteiger partial charge is 0.157 e. The van der Waals surface area contributed by atoms with Crippen LogP contribution in [0.4, 0.5) is 4.48 Å². The summed E-state index contributed by atoms with van der Waals surface area (Å²) in [6.45, 7) is 0.952. The molecule has 1 aromatic heterocycles. The summed E-state index contributed by atoms with van der Waals surface area (Å²) in [6, 6.07) is 7.38. The lowest BCUT2D eigenvalue weighted by atomic mass is 10.0. The van der Waals surface area contributed by atoms with Crippen LogP contribution in [0, 0.1) is 0 Å². The molecule has 1 saturated heterocycles. The summed E-state index contributed by atoms with van der Waals surface area (Å²) in [7, 11) is 0. The molecule has 4 heteroatoms. The van der Waals surface area contributed by atoms with Crippen molar-refractivity contribution in [2.75, 3.05) is 6.54 Å². The minimum Gasteiger partial charge on any atom is -0.307 e. The fourth-order valence-electron chi connectivity index (χ4n) is 2.30. The van der Waals surface area contributed by atoms with Gasteiger partial charge in [-0.2, -0.15) is 4.79 Å². The molecule has 0 radical (unpaired) electrons. The van der Waals surface area contributed by atoms with E-state index in [1.54, 1.807) is 6.07 Å². The van der Waals surface area contributed by atoms with Gasteiger partial charge in [-0.05, 0) is 31.5 Å². The number of nitrogens with zero attached hydrogens (tertiary/aromatic N) is 2. The Labute approximate surface area is 93.2 Å². The van der Waals surface area contributed by atoms with Crippen LogP contribution in [-0.2, 0) is 0 Å². The molecule has 84 valence electrons. The van der Waals surface area contributed by atoms with Gasteiger partial charge in [-0.1, -0.05) is 23.0 Å². The molecule has 0 amide bonds. The molecule has 1 aliphatic rings. The first-order valence-electron chi connectivity index (χ1n) is 5.73. The summed E-state index contributed by atoms with van der Waals surface area (Å²) < 4.78 is 14.0. The van der Waals surface area contributed by atoms with E-state index in [0.717, 1.165) is 29.7 Å². The quantitative estimate of drug-likeness (QED) is 0.799. The van der Waals surface area contributed by atoms with Crippen molar-refractivity contribution in [2.45, 2.75) is 25.3 Å². The summed E-state index contributed by atoms with van der Waals surface area (Å²) in [4.78, 5) is 5.08. The van der Waals surface area contributed by atoms with E-state index in [1.165, 1.54) is 6.42 Å². The van der Waals surface area contributed by atoms with Crippen LogP contribution in [-0.4, -0.2) is 16.3 Å². The van der Waals surface area contributed by atoms with Gasteiger partial charge in [-0.15, -0.1) is 0 Å². The Kier molecular flexibility index (Phi) is 2.36. The average Bonchev–Trinajstić information content (AvgIpc) is 2.69. The lowest BCUT2D eigenvalue weighted by molar-refractivity contribution is 0.314. The van der Waals surface area contributed by atoms with Crippen molar-refractivity contribution in [1.82, 2.24) is 15.1 Å². The van der Waals surface area contributed by atoms with Crippen molar-refractivity contribution >= 4 is 11.0 Å². The molecule has 0 saturated carbocycles. The van der Waals surface area contributed by atoms with Gasteiger partial charge in [-0.25, -0.2) is 4.98 Å². The second-order valence-electron chi connectivity index (χ2n) is 4.24. The maximum Gasteiger partial charge on any atom is 0.157 e. The van der Waals surface area contributed by atoms with Crippen LogP contribution < -0.4 is 5.32 Å². The minimum atomic E-state index is 0.0613. The highest BCUT2D eigenvalue weighted by Gasteiger charge is 2.21. The molecule has 3 nitrogen and oxygen atoms in total. The molecule has 1 aromatic carbocycles. The fraction of sp³-hybridized carbons (Fsp3) is 0.417. The second-order valence-corrected chi connectivity index (χ2v) is 4.24. The molecule has 1 N–H and O–H groups in total. The number of rotatable bonds is 1. The molecule has 2 aromatic rings. The highest BCUT2D eigenvalue weighted by Crippen LogP contribution is 2.26. The van der Waals surface area contributed by atoms with E-state index in [-0.39, 0.29) is 6.04 Å². The average molecular weight is 219 g/mol. The lowest BCUT2D eigenvalue weighted by Crippen LogP contribution is -2.28. The van der Waals surface area contributed by atoms with E-state index in [9.17, 15) is 4.48 Å². The number of hydrogen-bond donors (Lipinski definition) is 1. The second kappa shape index (κ2) is 3.87. The van der Waals surface area contributed by atoms with E-state index in [4.69, 9.17) is 0 Å². The summed E-state index contributed by atoms with van der Waals surface area (Å²) in [6.07, 6.45) is 3.27. The molecule has 0 bridgehead atoms.